The number of hydrogen-bond donors (Lipinski definition) is 2. The molecule has 17 heavy (non-hydrogen) atoms. The highest BCUT2D eigenvalue weighted by atomic mass is 32.2. The Hall–Kier alpha value is -0.180. The van der Waals surface area contributed by atoms with Crippen LogP contribution in [0, 0.1) is 11.8 Å². The molecule has 0 rings (SSSR count). The summed E-state index contributed by atoms with van der Waals surface area (Å²) in [7, 11) is -8.68. The van der Waals surface area contributed by atoms with Crippen LogP contribution in [-0.4, -0.2) is 36.4 Å². The van der Waals surface area contributed by atoms with Crippen LogP contribution in [0.1, 0.15) is 34.1 Å². The van der Waals surface area contributed by atoms with E-state index < -0.39 is 42.6 Å². The van der Waals surface area contributed by atoms with Crippen molar-refractivity contribution in [2.75, 3.05) is 5.75 Å². The molecule has 0 amide bonds. The van der Waals surface area contributed by atoms with Crippen molar-refractivity contribution in [3.63, 3.8) is 0 Å². The molecule has 0 heterocycles. The van der Waals surface area contributed by atoms with Gasteiger partial charge in [0, 0.05) is 0 Å². The van der Waals surface area contributed by atoms with Gasteiger partial charge in [-0.05, 0) is 18.3 Å². The van der Waals surface area contributed by atoms with E-state index in [0.29, 0.717) is 0 Å². The Morgan fingerprint density at radius 3 is 1.47 bits per heavy atom. The van der Waals surface area contributed by atoms with Crippen LogP contribution in [0.15, 0.2) is 0 Å². The van der Waals surface area contributed by atoms with Gasteiger partial charge in [0.1, 0.15) is 4.75 Å². The monoisotopic (exact) mass is 288 g/mol. The molecule has 0 bridgehead atoms. The molecule has 104 valence electrons. The second-order valence-electron chi connectivity index (χ2n) is 4.78. The minimum absolute atomic E-state index is 0.333. The summed E-state index contributed by atoms with van der Waals surface area (Å²) in [4.78, 5) is 0. The first kappa shape index (κ1) is 16.8. The van der Waals surface area contributed by atoms with Crippen LogP contribution in [0.3, 0.4) is 0 Å². The van der Waals surface area contributed by atoms with E-state index in [1.54, 1.807) is 27.7 Å². The standard InChI is InChI=1S/C9H20O6S2/c1-7(2)9(8(3)4,17(13,14)15)5-6-16(10,11)12/h7-8H,5-6H2,1-4H3,(H,10,11,12)(H,13,14,15). The van der Waals surface area contributed by atoms with Crippen molar-refractivity contribution >= 4 is 20.2 Å². The van der Waals surface area contributed by atoms with E-state index in [-0.39, 0.29) is 6.42 Å². The molecule has 0 saturated carbocycles. The summed E-state index contributed by atoms with van der Waals surface area (Å²) in [6.07, 6.45) is -0.333. The number of hydrogen-bond acceptors (Lipinski definition) is 4. The highest BCUT2D eigenvalue weighted by molar-refractivity contribution is 7.87. The molecule has 0 radical (unpaired) electrons. The molecule has 0 aromatic heterocycles. The van der Waals surface area contributed by atoms with Crippen LogP contribution in [0.25, 0.3) is 0 Å². The molecule has 0 unspecified atom stereocenters. The van der Waals surface area contributed by atoms with Crippen molar-refractivity contribution in [3.05, 3.63) is 0 Å². The third-order valence-electron chi connectivity index (χ3n) is 3.19. The molecule has 0 aliphatic rings. The van der Waals surface area contributed by atoms with E-state index in [4.69, 9.17) is 4.55 Å². The van der Waals surface area contributed by atoms with Crippen LogP contribution in [0.5, 0.6) is 0 Å². The lowest BCUT2D eigenvalue weighted by molar-refractivity contribution is 0.277. The summed E-state index contributed by atoms with van der Waals surface area (Å²) < 4.78 is 61.0. The minimum atomic E-state index is -4.42. The Balaban J connectivity index is 5.54. The maximum Gasteiger partial charge on any atom is 0.271 e. The van der Waals surface area contributed by atoms with Gasteiger partial charge >= 0.3 is 0 Å². The largest absolute Gasteiger partial charge is 0.286 e. The quantitative estimate of drug-likeness (QED) is 0.711. The SMILES string of the molecule is CC(C)C(CCS(=O)(=O)O)(C(C)C)S(=O)(=O)O. The van der Waals surface area contributed by atoms with Crippen molar-refractivity contribution in [1.29, 1.82) is 0 Å². The van der Waals surface area contributed by atoms with Gasteiger partial charge in [0.2, 0.25) is 0 Å². The Morgan fingerprint density at radius 2 is 1.29 bits per heavy atom. The summed E-state index contributed by atoms with van der Waals surface area (Å²) in [5, 5.41) is 0. The summed E-state index contributed by atoms with van der Waals surface area (Å²) in [6.45, 7) is 6.38. The van der Waals surface area contributed by atoms with E-state index in [1.807, 2.05) is 0 Å². The molecule has 0 aromatic rings. The maximum atomic E-state index is 11.5. The van der Waals surface area contributed by atoms with Gasteiger partial charge in [-0.15, -0.1) is 0 Å². The molecule has 0 saturated heterocycles. The van der Waals surface area contributed by atoms with E-state index in [1.165, 1.54) is 0 Å². The molecule has 0 fully saturated rings. The molecule has 0 aliphatic carbocycles. The Kier molecular flexibility index (Phi) is 5.16. The smallest absolute Gasteiger partial charge is 0.271 e. The third kappa shape index (κ3) is 3.90. The topological polar surface area (TPSA) is 109 Å². The van der Waals surface area contributed by atoms with Crippen LogP contribution in [0.2, 0.25) is 0 Å². The van der Waals surface area contributed by atoms with Gasteiger partial charge in [-0.1, -0.05) is 27.7 Å². The van der Waals surface area contributed by atoms with Gasteiger partial charge in [0.25, 0.3) is 20.2 Å². The first-order chi connectivity index (χ1) is 7.34. The van der Waals surface area contributed by atoms with Crippen LogP contribution < -0.4 is 0 Å². The zero-order chi connectivity index (χ0) is 14.1. The molecule has 0 aromatic carbocycles. The van der Waals surface area contributed by atoms with Gasteiger partial charge < -0.3 is 0 Å². The first-order valence-electron chi connectivity index (χ1n) is 5.26. The summed E-state index contributed by atoms with van der Waals surface area (Å²) in [5.41, 5.74) is 0. The maximum absolute atomic E-state index is 11.5. The molecular weight excluding hydrogens is 268 g/mol. The van der Waals surface area contributed by atoms with Crippen molar-refractivity contribution in [2.24, 2.45) is 11.8 Å². The highest BCUT2D eigenvalue weighted by Crippen LogP contribution is 2.37. The van der Waals surface area contributed by atoms with Crippen molar-refractivity contribution in [3.8, 4) is 0 Å². The molecule has 0 spiro atoms. The molecule has 0 aliphatic heterocycles. The average molecular weight is 288 g/mol. The average Bonchev–Trinajstić information content (AvgIpc) is 1.97. The second-order valence-corrected chi connectivity index (χ2v) is 8.06. The zero-order valence-electron chi connectivity index (χ0n) is 10.4. The van der Waals surface area contributed by atoms with Gasteiger partial charge in [0.15, 0.2) is 0 Å². The van der Waals surface area contributed by atoms with E-state index in [2.05, 4.69) is 0 Å². The van der Waals surface area contributed by atoms with Gasteiger partial charge in [-0.3, -0.25) is 9.11 Å². The third-order valence-corrected chi connectivity index (χ3v) is 6.01. The Morgan fingerprint density at radius 1 is 0.941 bits per heavy atom. The van der Waals surface area contributed by atoms with Gasteiger partial charge in [-0.2, -0.15) is 16.8 Å². The first-order valence-corrected chi connectivity index (χ1v) is 8.31. The predicted molar refractivity (Wildman–Crippen MR) is 65.0 cm³/mol. The van der Waals surface area contributed by atoms with E-state index in [0.717, 1.165) is 0 Å². The normalized spacial score (nSPS) is 14.6. The molecule has 8 heteroatoms. The van der Waals surface area contributed by atoms with Gasteiger partial charge in [0.05, 0.1) is 5.75 Å². The highest BCUT2D eigenvalue weighted by Gasteiger charge is 2.48. The lowest BCUT2D eigenvalue weighted by Gasteiger charge is -2.37. The Bertz CT molecular complexity index is 438. The molecule has 2 N–H and O–H groups in total. The van der Waals surface area contributed by atoms with Crippen LogP contribution in [0.4, 0.5) is 0 Å². The van der Waals surface area contributed by atoms with Crippen molar-refractivity contribution in [2.45, 2.75) is 38.9 Å². The molecular formula is C9H20O6S2. The minimum Gasteiger partial charge on any atom is -0.286 e. The number of rotatable bonds is 6. The fraction of sp³-hybridized carbons (Fsp3) is 1.00. The lowest BCUT2D eigenvalue weighted by Crippen LogP contribution is -2.49. The zero-order valence-corrected chi connectivity index (χ0v) is 12.0. The molecule has 0 atom stereocenters. The van der Waals surface area contributed by atoms with Crippen molar-refractivity contribution in [1.82, 2.24) is 0 Å². The van der Waals surface area contributed by atoms with Gasteiger partial charge in [-0.25, -0.2) is 0 Å². The van der Waals surface area contributed by atoms with Crippen LogP contribution in [-0.2, 0) is 20.2 Å². The lowest BCUT2D eigenvalue weighted by atomic mass is 9.82. The Labute approximate surface area is 103 Å². The fourth-order valence-corrected chi connectivity index (χ4v) is 4.53. The van der Waals surface area contributed by atoms with Crippen LogP contribution >= 0.6 is 0 Å². The molecule has 6 nitrogen and oxygen atoms in total. The van der Waals surface area contributed by atoms with E-state index >= 15 is 0 Å². The summed E-state index contributed by atoms with van der Waals surface area (Å²) in [5.74, 6) is -1.64. The predicted octanol–water partition coefficient (Wildman–Crippen LogP) is 1.20. The summed E-state index contributed by atoms with van der Waals surface area (Å²) >= 11 is 0. The second kappa shape index (κ2) is 5.21. The fourth-order valence-electron chi connectivity index (χ4n) is 2.26. The summed E-state index contributed by atoms with van der Waals surface area (Å²) in [6, 6.07) is 0. The van der Waals surface area contributed by atoms with Crippen molar-refractivity contribution < 1.29 is 25.9 Å². The van der Waals surface area contributed by atoms with E-state index in [9.17, 15) is 21.4 Å².